The van der Waals surface area contributed by atoms with E-state index in [0.29, 0.717) is 5.92 Å². The number of aryl methyl sites for hydroxylation is 3. The highest BCUT2D eigenvalue weighted by molar-refractivity contribution is 7.16. The molecule has 136 valence electrons. The highest BCUT2D eigenvalue weighted by Crippen LogP contribution is 2.35. The van der Waals surface area contributed by atoms with Crippen molar-refractivity contribution in [2.24, 2.45) is 0 Å². The molecular formula is C21H26N4S. The highest BCUT2D eigenvalue weighted by atomic mass is 32.1. The van der Waals surface area contributed by atoms with Crippen molar-refractivity contribution in [3.05, 3.63) is 52.5 Å². The topological polar surface area (TPSA) is 43.1 Å². The third-order valence-electron chi connectivity index (χ3n) is 4.74. The summed E-state index contributed by atoms with van der Waals surface area (Å²) in [5.41, 5.74) is 6.37. The molecule has 0 N–H and O–H groups in total. The molecule has 5 heteroatoms. The van der Waals surface area contributed by atoms with Gasteiger partial charge in [-0.05, 0) is 51.7 Å². The van der Waals surface area contributed by atoms with Crippen LogP contribution in [0.2, 0.25) is 0 Å². The molecule has 26 heavy (non-hydrogen) atoms. The van der Waals surface area contributed by atoms with Gasteiger partial charge in [-0.25, -0.2) is 14.5 Å². The van der Waals surface area contributed by atoms with Crippen LogP contribution in [0.3, 0.4) is 0 Å². The lowest BCUT2D eigenvalue weighted by Gasteiger charge is -2.14. The molecule has 0 bridgehead atoms. The fourth-order valence-corrected chi connectivity index (χ4v) is 4.49. The third kappa shape index (κ3) is 3.23. The summed E-state index contributed by atoms with van der Waals surface area (Å²) >= 11 is 1.67. The van der Waals surface area contributed by atoms with Gasteiger partial charge in [0.25, 0.3) is 0 Å². The summed E-state index contributed by atoms with van der Waals surface area (Å²) in [5.74, 6) is 0.502. The Bertz CT molecular complexity index is 974. The molecule has 0 unspecified atom stereocenters. The van der Waals surface area contributed by atoms with Gasteiger partial charge in [0.15, 0.2) is 5.65 Å². The van der Waals surface area contributed by atoms with E-state index in [9.17, 15) is 0 Å². The largest absolute Gasteiger partial charge is 0.241 e. The van der Waals surface area contributed by atoms with Gasteiger partial charge in [-0.1, -0.05) is 32.6 Å². The van der Waals surface area contributed by atoms with Gasteiger partial charge in [0, 0.05) is 5.56 Å². The van der Waals surface area contributed by atoms with E-state index in [-0.39, 0.29) is 0 Å². The Balaban J connectivity index is 2.25. The van der Waals surface area contributed by atoms with Gasteiger partial charge in [0.1, 0.15) is 10.7 Å². The summed E-state index contributed by atoms with van der Waals surface area (Å²) in [5, 5.41) is 5.77. The van der Waals surface area contributed by atoms with Crippen LogP contribution < -0.4 is 0 Å². The molecule has 0 aliphatic rings. The first kappa shape index (κ1) is 18.5. The van der Waals surface area contributed by atoms with Crippen molar-refractivity contribution in [2.75, 3.05) is 0 Å². The van der Waals surface area contributed by atoms with Crippen LogP contribution in [0.15, 0.2) is 24.8 Å². The second-order valence-electron chi connectivity index (χ2n) is 6.60. The lowest BCUT2D eigenvalue weighted by Crippen LogP contribution is -2.05. The first-order valence-corrected chi connectivity index (χ1v) is 9.95. The Morgan fingerprint density at radius 3 is 2.54 bits per heavy atom. The summed E-state index contributed by atoms with van der Waals surface area (Å²) in [6.07, 6.45) is 7.88. The van der Waals surface area contributed by atoms with E-state index in [1.54, 1.807) is 17.4 Å². The molecule has 0 fully saturated rings. The third-order valence-corrected chi connectivity index (χ3v) is 5.87. The molecule has 0 saturated carbocycles. The van der Waals surface area contributed by atoms with Crippen LogP contribution in [0.25, 0.3) is 22.3 Å². The predicted molar refractivity (Wildman–Crippen MR) is 111 cm³/mol. The first-order chi connectivity index (χ1) is 12.5. The molecule has 0 aromatic carbocycles. The summed E-state index contributed by atoms with van der Waals surface area (Å²) in [4.78, 5) is 10.7. The lowest BCUT2D eigenvalue weighted by molar-refractivity contribution is 0.638. The van der Waals surface area contributed by atoms with Crippen molar-refractivity contribution in [2.45, 2.75) is 53.4 Å². The quantitative estimate of drug-likeness (QED) is 0.512. The van der Waals surface area contributed by atoms with Crippen molar-refractivity contribution in [3.63, 3.8) is 0 Å². The van der Waals surface area contributed by atoms with Crippen molar-refractivity contribution >= 4 is 23.1 Å². The van der Waals surface area contributed by atoms with Crippen molar-refractivity contribution < 1.29 is 0 Å². The van der Waals surface area contributed by atoms with Crippen LogP contribution in [0, 0.1) is 20.8 Å². The van der Waals surface area contributed by atoms with E-state index in [1.165, 1.54) is 5.56 Å². The molecule has 3 aromatic rings. The zero-order valence-corrected chi connectivity index (χ0v) is 17.0. The van der Waals surface area contributed by atoms with Gasteiger partial charge < -0.3 is 0 Å². The maximum Gasteiger partial charge on any atom is 0.158 e. The van der Waals surface area contributed by atoms with Crippen molar-refractivity contribution in [1.82, 2.24) is 19.6 Å². The molecule has 0 aliphatic heterocycles. The minimum absolute atomic E-state index is 0.502. The molecular weight excluding hydrogens is 340 g/mol. The van der Waals surface area contributed by atoms with Crippen LogP contribution in [-0.2, 0) is 0 Å². The van der Waals surface area contributed by atoms with Gasteiger partial charge in [-0.3, -0.25) is 0 Å². The SMILES string of the molecule is C=C/C=C/c1nc(C)c(-c2c(C)nc3c(C(CC)CC)cc(C)nn23)s1. The summed E-state index contributed by atoms with van der Waals surface area (Å²) in [7, 11) is 0. The normalized spacial score (nSPS) is 11.9. The van der Waals surface area contributed by atoms with Crippen LogP contribution in [-0.4, -0.2) is 19.6 Å². The average Bonchev–Trinajstić information content (AvgIpc) is 3.12. The molecule has 4 nitrogen and oxygen atoms in total. The van der Waals surface area contributed by atoms with Gasteiger partial charge in [-0.2, -0.15) is 5.10 Å². The Morgan fingerprint density at radius 2 is 1.88 bits per heavy atom. The van der Waals surface area contributed by atoms with Crippen LogP contribution >= 0.6 is 11.3 Å². The van der Waals surface area contributed by atoms with Crippen LogP contribution in [0.5, 0.6) is 0 Å². The minimum Gasteiger partial charge on any atom is -0.241 e. The summed E-state index contributed by atoms with van der Waals surface area (Å²) in [6.45, 7) is 14.4. The number of allylic oxidation sites excluding steroid dienone is 2. The minimum atomic E-state index is 0.502. The zero-order chi connectivity index (χ0) is 18.8. The highest BCUT2D eigenvalue weighted by Gasteiger charge is 2.22. The monoisotopic (exact) mass is 366 g/mol. The lowest BCUT2D eigenvalue weighted by atomic mass is 9.95. The van der Waals surface area contributed by atoms with E-state index >= 15 is 0 Å². The standard InChI is InChI=1S/C21H26N4S/c1-7-10-11-18-22-15(6)20(26-18)19-14(5)23-21-17(16(8-2)9-3)12-13(4)24-25(19)21/h7,10-12,16H,1,8-9H2,2-6H3/b11-10+. The smallest absolute Gasteiger partial charge is 0.158 e. The molecule has 0 amide bonds. The number of nitrogens with zero attached hydrogens (tertiary/aromatic N) is 4. The number of thiazole rings is 1. The van der Waals surface area contributed by atoms with E-state index < -0.39 is 0 Å². The zero-order valence-electron chi connectivity index (χ0n) is 16.2. The maximum atomic E-state index is 4.91. The molecule has 3 heterocycles. The molecule has 3 aromatic heterocycles. The van der Waals surface area contributed by atoms with E-state index in [2.05, 4.69) is 45.3 Å². The fourth-order valence-electron chi connectivity index (χ4n) is 3.43. The molecule has 0 saturated heterocycles. The Kier molecular flexibility index (Phi) is 5.37. The summed E-state index contributed by atoms with van der Waals surface area (Å²) < 4.78 is 2.03. The second-order valence-corrected chi connectivity index (χ2v) is 7.63. The van der Waals surface area contributed by atoms with E-state index in [1.807, 2.05) is 23.6 Å². The average molecular weight is 367 g/mol. The number of imidazole rings is 1. The van der Waals surface area contributed by atoms with E-state index in [4.69, 9.17) is 10.1 Å². The Morgan fingerprint density at radius 1 is 1.15 bits per heavy atom. The molecule has 0 atom stereocenters. The number of hydrogen-bond acceptors (Lipinski definition) is 4. The first-order valence-electron chi connectivity index (χ1n) is 9.13. The maximum absolute atomic E-state index is 4.91. The van der Waals surface area contributed by atoms with Crippen molar-refractivity contribution in [3.8, 4) is 10.6 Å². The molecule has 0 spiro atoms. The van der Waals surface area contributed by atoms with Gasteiger partial charge in [-0.15, -0.1) is 11.3 Å². The van der Waals surface area contributed by atoms with Crippen LogP contribution in [0.4, 0.5) is 0 Å². The predicted octanol–water partition coefficient (Wildman–Crippen LogP) is 5.88. The molecule has 3 rings (SSSR count). The number of aromatic nitrogens is 4. The number of hydrogen-bond donors (Lipinski definition) is 0. The second kappa shape index (κ2) is 7.54. The Labute approximate surface area is 159 Å². The number of rotatable bonds is 6. The van der Waals surface area contributed by atoms with E-state index in [0.717, 1.165) is 51.1 Å². The molecule has 0 aliphatic carbocycles. The van der Waals surface area contributed by atoms with Gasteiger partial charge >= 0.3 is 0 Å². The summed E-state index contributed by atoms with van der Waals surface area (Å²) in [6, 6.07) is 2.20. The van der Waals surface area contributed by atoms with Crippen molar-refractivity contribution in [1.29, 1.82) is 0 Å². The van der Waals surface area contributed by atoms with Crippen LogP contribution in [0.1, 0.15) is 60.3 Å². The molecule has 0 radical (unpaired) electrons. The fraction of sp³-hybridized carbons (Fsp3) is 0.381. The van der Waals surface area contributed by atoms with Gasteiger partial charge in [0.2, 0.25) is 0 Å². The van der Waals surface area contributed by atoms with Gasteiger partial charge in [0.05, 0.1) is 22.0 Å². The Hall–Kier alpha value is -2.27. The number of fused-ring (bicyclic) bond motifs is 1.